The molecule has 0 aromatic heterocycles. The lowest BCUT2D eigenvalue weighted by Gasteiger charge is -2.41. The third kappa shape index (κ3) is 4.53. The minimum Gasteiger partial charge on any atom is -0.317 e. The van der Waals surface area contributed by atoms with Gasteiger partial charge in [-0.15, -0.1) is 0 Å². The molecule has 0 N–H and O–H groups in total. The van der Waals surface area contributed by atoms with Crippen molar-refractivity contribution in [1.29, 1.82) is 0 Å². The molecular formula is C25H28NO2P. The minimum absolute atomic E-state index is 0.0773. The Hall–Kier alpha value is -2.19. The van der Waals surface area contributed by atoms with Gasteiger partial charge in [-0.2, -0.15) is 0 Å². The molecule has 4 rings (SSSR count). The Morgan fingerprint density at radius 3 is 1.83 bits per heavy atom. The second kappa shape index (κ2) is 9.09. The third-order valence-corrected chi connectivity index (χ3v) is 8.43. The molecule has 3 nitrogen and oxygen atoms in total. The van der Waals surface area contributed by atoms with Crippen molar-refractivity contribution in [2.45, 2.75) is 25.3 Å². The quantitative estimate of drug-likeness (QED) is 0.439. The van der Waals surface area contributed by atoms with Crippen LogP contribution in [0.2, 0.25) is 0 Å². The van der Waals surface area contributed by atoms with Crippen LogP contribution in [0.5, 0.6) is 0 Å². The lowest BCUT2D eigenvalue weighted by molar-refractivity contribution is 0.187. The largest absolute Gasteiger partial charge is 0.317 e. The summed E-state index contributed by atoms with van der Waals surface area (Å²) in [7, 11) is -3.00. The van der Waals surface area contributed by atoms with Crippen LogP contribution in [-0.2, 0) is 9.09 Å². The van der Waals surface area contributed by atoms with Crippen LogP contribution in [0.1, 0.15) is 42.0 Å². The summed E-state index contributed by atoms with van der Waals surface area (Å²) in [4.78, 5) is 0. The maximum absolute atomic E-state index is 14.2. The summed E-state index contributed by atoms with van der Waals surface area (Å²) in [6.45, 7) is 3.48. The summed E-state index contributed by atoms with van der Waals surface area (Å²) in [6, 6.07) is 31.0. The van der Waals surface area contributed by atoms with E-state index in [1.807, 2.05) is 54.6 Å². The summed E-state index contributed by atoms with van der Waals surface area (Å²) < 4.78 is 22.5. The zero-order chi connectivity index (χ0) is 20.1. The van der Waals surface area contributed by atoms with Gasteiger partial charge in [0.15, 0.2) is 0 Å². The zero-order valence-electron chi connectivity index (χ0n) is 16.9. The van der Waals surface area contributed by atoms with Gasteiger partial charge in [0.2, 0.25) is 0 Å². The summed E-state index contributed by atoms with van der Waals surface area (Å²) in [5.41, 5.74) is 3.50. The predicted molar refractivity (Wildman–Crippen MR) is 119 cm³/mol. The first-order chi connectivity index (χ1) is 14.2. The van der Waals surface area contributed by atoms with E-state index in [1.54, 1.807) is 0 Å². The Labute approximate surface area is 173 Å². The van der Waals surface area contributed by atoms with Crippen LogP contribution in [0.3, 0.4) is 0 Å². The molecule has 2 atom stereocenters. The van der Waals surface area contributed by atoms with Gasteiger partial charge in [-0.05, 0) is 29.0 Å². The van der Waals surface area contributed by atoms with Crippen molar-refractivity contribution in [2.75, 3.05) is 19.3 Å². The van der Waals surface area contributed by atoms with Crippen LogP contribution >= 0.6 is 7.52 Å². The van der Waals surface area contributed by atoms with Crippen molar-refractivity contribution in [3.63, 3.8) is 0 Å². The molecule has 1 heterocycles. The van der Waals surface area contributed by atoms with Crippen LogP contribution in [-0.4, -0.2) is 24.0 Å². The third-order valence-electron chi connectivity index (χ3n) is 5.62. The van der Waals surface area contributed by atoms with Crippen LogP contribution < -0.4 is 0 Å². The van der Waals surface area contributed by atoms with Crippen molar-refractivity contribution >= 4 is 7.52 Å². The molecule has 1 aliphatic rings. The molecule has 4 heteroatoms. The molecule has 150 valence electrons. The number of benzene rings is 3. The molecule has 0 bridgehead atoms. The van der Waals surface area contributed by atoms with Crippen LogP contribution in [0, 0.1) is 0 Å². The zero-order valence-corrected chi connectivity index (χ0v) is 17.7. The summed E-state index contributed by atoms with van der Waals surface area (Å²) >= 11 is 0. The van der Waals surface area contributed by atoms with E-state index in [2.05, 4.69) is 48.0 Å². The smallest absolute Gasteiger partial charge is 0.273 e. The molecule has 0 amide bonds. The first kappa shape index (κ1) is 20.1. The second-order valence-electron chi connectivity index (χ2n) is 7.71. The van der Waals surface area contributed by atoms with E-state index in [0.29, 0.717) is 12.8 Å². The Kier molecular flexibility index (Phi) is 6.30. The maximum Gasteiger partial charge on any atom is 0.273 e. The highest BCUT2D eigenvalue weighted by Gasteiger charge is 2.41. The van der Waals surface area contributed by atoms with Gasteiger partial charge in [0, 0.05) is 12.7 Å². The Morgan fingerprint density at radius 2 is 1.31 bits per heavy atom. The molecule has 0 spiro atoms. The van der Waals surface area contributed by atoms with Crippen molar-refractivity contribution in [3.05, 3.63) is 108 Å². The van der Waals surface area contributed by atoms with Gasteiger partial charge in [-0.25, -0.2) is 4.67 Å². The summed E-state index contributed by atoms with van der Waals surface area (Å²) in [5, 5.41) is 0. The molecule has 1 aliphatic heterocycles. The van der Waals surface area contributed by atoms with Crippen molar-refractivity contribution in [3.8, 4) is 0 Å². The highest BCUT2D eigenvalue weighted by atomic mass is 31.2. The van der Waals surface area contributed by atoms with Crippen LogP contribution in [0.25, 0.3) is 0 Å². The van der Waals surface area contributed by atoms with Gasteiger partial charge in [0.05, 0.1) is 12.6 Å². The normalized spacial score (nSPS) is 21.2. The van der Waals surface area contributed by atoms with Gasteiger partial charge < -0.3 is 4.52 Å². The van der Waals surface area contributed by atoms with Gasteiger partial charge in [0.1, 0.15) is 0 Å². The summed E-state index contributed by atoms with van der Waals surface area (Å²) in [6.07, 6.45) is 1.41. The molecule has 29 heavy (non-hydrogen) atoms. The van der Waals surface area contributed by atoms with Gasteiger partial charge >= 0.3 is 0 Å². The molecule has 0 aliphatic carbocycles. The van der Waals surface area contributed by atoms with Gasteiger partial charge in [-0.3, -0.25) is 4.57 Å². The SMILES string of the molecule is C[C@H](CP1(=O)OCCCN1C(c1ccccc1)c1ccccc1)c1ccccc1. The molecule has 0 radical (unpaired) electrons. The van der Waals surface area contributed by atoms with E-state index in [4.69, 9.17) is 4.52 Å². The molecular weight excluding hydrogens is 377 g/mol. The standard InChI is InChI=1S/C25H28NO2P/c1-21(22-12-5-2-6-13-22)20-29(27)26(18-11-19-28-29)25(23-14-7-3-8-15-23)24-16-9-4-10-17-24/h2-10,12-17,21,25H,11,18-20H2,1H3/t21-,29?/m1/s1. The number of nitrogens with zero attached hydrogens (tertiary/aromatic N) is 1. The van der Waals surface area contributed by atoms with E-state index in [9.17, 15) is 4.57 Å². The van der Waals surface area contributed by atoms with E-state index in [0.717, 1.165) is 24.1 Å². The first-order valence-electron chi connectivity index (χ1n) is 10.3. The lowest BCUT2D eigenvalue weighted by Crippen LogP contribution is -2.34. The van der Waals surface area contributed by atoms with Crippen molar-refractivity contribution in [2.24, 2.45) is 0 Å². The summed E-state index contributed by atoms with van der Waals surface area (Å²) in [5.74, 6) is 0.162. The fourth-order valence-electron chi connectivity index (χ4n) is 4.16. The fraction of sp³-hybridized carbons (Fsp3) is 0.280. The number of hydrogen-bond acceptors (Lipinski definition) is 2. The molecule has 1 saturated heterocycles. The van der Waals surface area contributed by atoms with Crippen molar-refractivity contribution in [1.82, 2.24) is 4.67 Å². The Bertz CT molecular complexity index is 907. The highest BCUT2D eigenvalue weighted by Crippen LogP contribution is 2.60. The number of rotatable bonds is 6. The molecule has 1 unspecified atom stereocenters. The Balaban J connectivity index is 1.71. The average Bonchev–Trinajstić information content (AvgIpc) is 2.77. The average molecular weight is 405 g/mol. The van der Waals surface area contributed by atoms with E-state index >= 15 is 0 Å². The van der Waals surface area contributed by atoms with Crippen LogP contribution in [0.4, 0.5) is 0 Å². The minimum atomic E-state index is -3.00. The molecule has 3 aromatic carbocycles. The highest BCUT2D eigenvalue weighted by molar-refractivity contribution is 7.56. The predicted octanol–water partition coefficient (Wildman–Crippen LogP) is 6.50. The monoisotopic (exact) mass is 405 g/mol. The lowest BCUT2D eigenvalue weighted by atomic mass is 9.98. The van der Waals surface area contributed by atoms with Crippen LogP contribution in [0.15, 0.2) is 91.0 Å². The topological polar surface area (TPSA) is 29.5 Å². The molecule has 0 saturated carbocycles. The van der Waals surface area contributed by atoms with Gasteiger partial charge in [0.25, 0.3) is 7.52 Å². The first-order valence-corrected chi connectivity index (χ1v) is 12.1. The van der Waals surface area contributed by atoms with Gasteiger partial charge in [-0.1, -0.05) is 97.9 Å². The van der Waals surface area contributed by atoms with Crippen molar-refractivity contribution < 1.29 is 9.09 Å². The van der Waals surface area contributed by atoms with E-state index in [-0.39, 0.29) is 12.0 Å². The number of hydrogen-bond donors (Lipinski definition) is 0. The Morgan fingerprint density at radius 1 is 0.828 bits per heavy atom. The molecule has 3 aromatic rings. The second-order valence-corrected chi connectivity index (χ2v) is 10.1. The van der Waals surface area contributed by atoms with E-state index in [1.165, 1.54) is 5.56 Å². The fourth-order valence-corrected chi connectivity index (χ4v) is 7.01. The molecule has 1 fully saturated rings. The van der Waals surface area contributed by atoms with E-state index < -0.39 is 7.52 Å². The maximum atomic E-state index is 14.2.